The largest absolute Gasteiger partial charge is 0.481 e. The lowest BCUT2D eigenvalue weighted by Gasteiger charge is -2.01. The van der Waals surface area contributed by atoms with Crippen LogP contribution in [0.5, 0.6) is 0 Å². The van der Waals surface area contributed by atoms with Crippen molar-refractivity contribution in [2.45, 2.75) is 26.2 Å². The molecule has 0 saturated heterocycles. The molecule has 0 atom stereocenters. The first kappa shape index (κ1) is 11.8. The van der Waals surface area contributed by atoms with E-state index >= 15 is 0 Å². The standard InChI is InChI=1S/C8H17NO2S/c1-2-3-5-9-7-12-6-4-8(10)11/h9H,2-7H2,1H3,(H,10,11). The topological polar surface area (TPSA) is 49.3 Å². The summed E-state index contributed by atoms with van der Waals surface area (Å²) in [6.07, 6.45) is 2.66. The van der Waals surface area contributed by atoms with Gasteiger partial charge in [0.15, 0.2) is 0 Å². The summed E-state index contributed by atoms with van der Waals surface area (Å²) in [5.41, 5.74) is 0. The Morgan fingerprint density at radius 2 is 2.33 bits per heavy atom. The molecule has 0 spiro atoms. The smallest absolute Gasteiger partial charge is 0.304 e. The van der Waals surface area contributed by atoms with Crippen molar-refractivity contribution >= 4 is 17.7 Å². The van der Waals surface area contributed by atoms with Crippen molar-refractivity contribution in [2.24, 2.45) is 0 Å². The maximum atomic E-state index is 10.1. The van der Waals surface area contributed by atoms with E-state index in [-0.39, 0.29) is 6.42 Å². The predicted octanol–water partition coefficient (Wildman–Crippen LogP) is 1.54. The van der Waals surface area contributed by atoms with Crippen LogP contribution in [0.25, 0.3) is 0 Å². The number of carboxylic acid groups (broad SMARTS) is 1. The lowest BCUT2D eigenvalue weighted by atomic mass is 10.3. The predicted molar refractivity (Wildman–Crippen MR) is 52.5 cm³/mol. The lowest BCUT2D eigenvalue weighted by Crippen LogP contribution is -2.14. The Morgan fingerprint density at radius 3 is 2.92 bits per heavy atom. The first-order chi connectivity index (χ1) is 5.77. The SMILES string of the molecule is CCCCNCSCCC(=O)O. The number of hydrogen-bond donors (Lipinski definition) is 2. The third kappa shape index (κ3) is 9.78. The maximum absolute atomic E-state index is 10.1. The molecular formula is C8H17NO2S. The molecule has 0 aliphatic heterocycles. The number of hydrogen-bond acceptors (Lipinski definition) is 3. The van der Waals surface area contributed by atoms with E-state index in [4.69, 9.17) is 5.11 Å². The van der Waals surface area contributed by atoms with Crippen molar-refractivity contribution in [1.82, 2.24) is 5.32 Å². The highest BCUT2D eigenvalue weighted by molar-refractivity contribution is 7.99. The Bertz CT molecular complexity index is 120. The summed E-state index contributed by atoms with van der Waals surface area (Å²) in [5, 5.41) is 11.6. The molecule has 0 aromatic heterocycles. The van der Waals surface area contributed by atoms with Gasteiger partial charge in [-0.15, -0.1) is 11.8 Å². The molecule has 0 rings (SSSR count). The van der Waals surface area contributed by atoms with Gasteiger partial charge in [0.05, 0.1) is 6.42 Å². The molecule has 4 heteroatoms. The van der Waals surface area contributed by atoms with Gasteiger partial charge in [0, 0.05) is 11.6 Å². The number of carboxylic acids is 1. The van der Waals surface area contributed by atoms with Crippen molar-refractivity contribution in [3.63, 3.8) is 0 Å². The molecule has 0 radical (unpaired) electrons. The molecule has 0 fully saturated rings. The van der Waals surface area contributed by atoms with Crippen LogP contribution in [0.3, 0.4) is 0 Å². The van der Waals surface area contributed by atoms with Crippen LogP contribution in [-0.2, 0) is 4.79 Å². The van der Waals surface area contributed by atoms with Crippen molar-refractivity contribution in [3.8, 4) is 0 Å². The van der Waals surface area contributed by atoms with Gasteiger partial charge in [-0.2, -0.15) is 0 Å². The number of unbranched alkanes of at least 4 members (excludes halogenated alkanes) is 1. The van der Waals surface area contributed by atoms with Gasteiger partial charge in [-0.1, -0.05) is 13.3 Å². The Hall–Kier alpha value is -0.220. The van der Waals surface area contributed by atoms with Gasteiger partial charge < -0.3 is 10.4 Å². The molecule has 0 aromatic rings. The van der Waals surface area contributed by atoms with E-state index in [2.05, 4.69) is 12.2 Å². The van der Waals surface area contributed by atoms with Gasteiger partial charge in [-0.3, -0.25) is 4.79 Å². The van der Waals surface area contributed by atoms with Crippen LogP contribution < -0.4 is 5.32 Å². The first-order valence-electron chi connectivity index (χ1n) is 4.27. The summed E-state index contributed by atoms with van der Waals surface area (Å²) < 4.78 is 0. The molecule has 0 aliphatic rings. The first-order valence-corrected chi connectivity index (χ1v) is 5.43. The van der Waals surface area contributed by atoms with Gasteiger partial charge in [0.2, 0.25) is 0 Å². The van der Waals surface area contributed by atoms with E-state index < -0.39 is 5.97 Å². The Morgan fingerprint density at radius 1 is 1.58 bits per heavy atom. The quantitative estimate of drug-likeness (QED) is 0.451. The van der Waals surface area contributed by atoms with Crippen molar-refractivity contribution < 1.29 is 9.90 Å². The fraction of sp³-hybridized carbons (Fsp3) is 0.875. The number of rotatable bonds is 8. The van der Waals surface area contributed by atoms with E-state index in [0.29, 0.717) is 5.75 Å². The second-order valence-electron chi connectivity index (χ2n) is 2.55. The molecule has 0 unspecified atom stereocenters. The molecule has 72 valence electrons. The Balaban J connectivity index is 2.86. The van der Waals surface area contributed by atoms with Gasteiger partial charge in [0.1, 0.15) is 0 Å². The minimum Gasteiger partial charge on any atom is -0.481 e. The van der Waals surface area contributed by atoms with Gasteiger partial charge in [0.25, 0.3) is 0 Å². The van der Waals surface area contributed by atoms with E-state index in [1.165, 1.54) is 12.8 Å². The molecular weight excluding hydrogens is 174 g/mol. The molecule has 0 amide bonds. The minimum absolute atomic E-state index is 0.264. The number of thioether (sulfide) groups is 1. The van der Waals surface area contributed by atoms with Gasteiger partial charge in [-0.25, -0.2) is 0 Å². The monoisotopic (exact) mass is 191 g/mol. The molecule has 2 N–H and O–H groups in total. The van der Waals surface area contributed by atoms with E-state index in [9.17, 15) is 4.79 Å². The molecule has 3 nitrogen and oxygen atoms in total. The van der Waals surface area contributed by atoms with Gasteiger partial charge in [-0.05, 0) is 13.0 Å². The zero-order valence-electron chi connectivity index (χ0n) is 7.51. The molecule has 12 heavy (non-hydrogen) atoms. The fourth-order valence-corrected chi connectivity index (χ4v) is 1.43. The number of carbonyl (C=O) groups is 1. The highest BCUT2D eigenvalue weighted by Crippen LogP contribution is 1.99. The molecule has 0 aliphatic carbocycles. The fourth-order valence-electron chi connectivity index (χ4n) is 0.678. The van der Waals surface area contributed by atoms with Crippen LogP contribution in [-0.4, -0.2) is 29.3 Å². The summed E-state index contributed by atoms with van der Waals surface area (Å²) in [7, 11) is 0. The molecule has 0 bridgehead atoms. The van der Waals surface area contributed by atoms with Crippen LogP contribution in [0.15, 0.2) is 0 Å². The van der Waals surface area contributed by atoms with E-state index in [1.54, 1.807) is 11.8 Å². The molecule has 0 heterocycles. The normalized spacial score (nSPS) is 10.1. The highest BCUT2D eigenvalue weighted by atomic mass is 32.2. The third-order valence-electron chi connectivity index (χ3n) is 1.37. The van der Waals surface area contributed by atoms with Gasteiger partial charge >= 0.3 is 5.97 Å². The third-order valence-corrected chi connectivity index (χ3v) is 2.27. The van der Waals surface area contributed by atoms with Crippen molar-refractivity contribution in [3.05, 3.63) is 0 Å². The number of aliphatic carboxylic acids is 1. The zero-order valence-corrected chi connectivity index (χ0v) is 8.32. The van der Waals surface area contributed by atoms with Crippen molar-refractivity contribution in [2.75, 3.05) is 18.2 Å². The van der Waals surface area contributed by atoms with Crippen LogP contribution >= 0.6 is 11.8 Å². The summed E-state index contributed by atoms with van der Waals surface area (Å²) in [4.78, 5) is 10.1. The average Bonchev–Trinajstić information content (AvgIpc) is 2.02. The van der Waals surface area contributed by atoms with Crippen LogP contribution in [0, 0.1) is 0 Å². The van der Waals surface area contributed by atoms with E-state index in [1.807, 2.05) is 0 Å². The lowest BCUT2D eigenvalue weighted by molar-refractivity contribution is -0.136. The summed E-state index contributed by atoms with van der Waals surface area (Å²) >= 11 is 1.64. The summed E-state index contributed by atoms with van der Waals surface area (Å²) in [6.45, 7) is 3.19. The average molecular weight is 191 g/mol. The minimum atomic E-state index is -0.712. The van der Waals surface area contributed by atoms with Crippen LogP contribution in [0.4, 0.5) is 0 Å². The zero-order chi connectivity index (χ0) is 9.23. The van der Waals surface area contributed by atoms with Crippen molar-refractivity contribution in [1.29, 1.82) is 0 Å². The summed E-state index contributed by atoms with van der Waals surface area (Å²) in [5.74, 6) is 0.859. The highest BCUT2D eigenvalue weighted by Gasteiger charge is 1.95. The maximum Gasteiger partial charge on any atom is 0.304 e. The Kier molecular flexibility index (Phi) is 8.71. The van der Waals surface area contributed by atoms with E-state index in [0.717, 1.165) is 12.4 Å². The summed E-state index contributed by atoms with van der Waals surface area (Å²) in [6, 6.07) is 0. The second kappa shape index (κ2) is 8.87. The second-order valence-corrected chi connectivity index (χ2v) is 3.66. The van der Waals surface area contributed by atoms with Crippen LogP contribution in [0.1, 0.15) is 26.2 Å². The number of nitrogens with one attached hydrogen (secondary N) is 1. The van der Waals surface area contributed by atoms with Crippen LogP contribution in [0.2, 0.25) is 0 Å². The Labute approximate surface area is 77.9 Å². The molecule has 0 aromatic carbocycles. The molecule has 0 saturated carbocycles.